The zero-order chi connectivity index (χ0) is 31.6. The van der Waals surface area contributed by atoms with Gasteiger partial charge in [0.15, 0.2) is 0 Å². The molecule has 4 aromatic carbocycles. The molecule has 0 spiro atoms. The third-order valence-corrected chi connectivity index (χ3v) is 9.35. The van der Waals surface area contributed by atoms with Gasteiger partial charge in [0.2, 0.25) is 5.91 Å². The minimum absolute atomic E-state index is 0.161. The molecule has 11 heteroatoms. The summed E-state index contributed by atoms with van der Waals surface area (Å²) >= 11 is 0. The van der Waals surface area contributed by atoms with E-state index in [1.807, 2.05) is 30.3 Å². The van der Waals surface area contributed by atoms with Crippen LogP contribution in [0.15, 0.2) is 91.0 Å². The van der Waals surface area contributed by atoms with E-state index in [4.69, 9.17) is 4.74 Å². The molecule has 2 heterocycles. The number of carbonyl (C=O) groups excluding carboxylic acids is 2. The van der Waals surface area contributed by atoms with Gasteiger partial charge in [0, 0.05) is 24.9 Å². The molecule has 1 aliphatic heterocycles. The quantitative estimate of drug-likeness (QED) is 0.242. The number of rotatable bonds is 9. The maximum absolute atomic E-state index is 14.0. The molecule has 5 aromatic rings. The van der Waals surface area contributed by atoms with Gasteiger partial charge >= 0.3 is 10.2 Å². The van der Waals surface area contributed by atoms with Crippen LogP contribution in [-0.4, -0.2) is 55.3 Å². The Kier molecular flexibility index (Phi) is 8.15. The fraction of sp³-hybridized carbons (Fsp3) is 0.206. The number of hydrogen-bond acceptors (Lipinski definition) is 6. The number of anilines is 1. The van der Waals surface area contributed by atoms with Gasteiger partial charge in [-0.2, -0.15) is 13.7 Å². The zero-order valence-electron chi connectivity index (χ0n) is 24.6. The molecule has 0 radical (unpaired) electrons. The molecule has 1 saturated heterocycles. The van der Waals surface area contributed by atoms with Gasteiger partial charge in [0.05, 0.1) is 29.9 Å². The Morgan fingerprint density at radius 1 is 0.911 bits per heavy atom. The standard InChI is InChI=1S/C34H31N5O5S/c1-44-29-14-15-31-27(20-29)21-32(39(31)45(42,43)37-28-13-12-25-6-2-3-7-26(25)19-28)33(40)36-30(34(41)38-16-4-5-17-38)18-23-8-10-24(22-35)11-9-23/h2-3,6-15,19-21,30,37H,4-5,16-18H2,1H3,(H,36,40). The molecular formula is C34H31N5O5S. The fourth-order valence-corrected chi connectivity index (χ4v) is 7.04. The number of nitrogens with one attached hydrogen (secondary N) is 2. The monoisotopic (exact) mass is 621 g/mol. The molecule has 6 rings (SSSR count). The van der Waals surface area contributed by atoms with Crippen molar-refractivity contribution in [3.05, 3.63) is 108 Å². The molecule has 228 valence electrons. The highest BCUT2D eigenvalue weighted by atomic mass is 32.2. The van der Waals surface area contributed by atoms with Crippen molar-refractivity contribution in [2.24, 2.45) is 0 Å². The first-order valence-electron chi connectivity index (χ1n) is 14.6. The lowest BCUT2D eigenvalue weighted by molar-refractivity contribution is -0.132. The van der Waals surface area contributed by atoms with Crippen LogP contribution in [0.4, 0.5) is 5.69 Å². The molecule has 1 atom stereocenters. The average molecular weight is 622 g/mol. The molecular weight excluding hydrogens is 590 g/mol. The molecule has 0 aliphatic carbocycles. The summed E-state index contributed by atoms with van der Waals surface area (Å²) in [5, 5.41) is 14.3. The smallest absolute Gasteiger partial charge is 0.328 e. The van der Waals surface area contributed by atoms with Crippen LogP contribution in [0.3, 0.4) is 0 Å². The van der Waals surface area contributed by atoms with Crippen molar-refractivity contribution in [1.29, 1.82) is 5.26 Å². The molecule has 1 aromatic heterocycles. The molecule has 1 unspecified atom stereocenters. The number of carbonyl (C=O) groups is 2. The van der Waals surface area contributed by atoms with Crippen molar-refractivity contribution in [1.82, 2.24) is 14.2 Å². The third-order valence-electron chi connectivity index (χ3n) is 7.98. The van der Waals surface area contributed by atoms with Crippen molar-refractivity contribution >= 4 is 49.4 Å². The van der Waals surface area contributed by atoms with Crippen LogP contribution in [-0.2, 0) is 21.4 Å². The lowest BCUT2D eigenvalue weighted by Gasteiger charge is -2.24. The number of ether oxygens (including phenoxy) is 1. The predicted molar refractivity (Wildman–Crippen MR) is 172 cm³/mol. The van der Waals surface area contributed by atoms with Crippen LogP contribution >= 0.6 is 0 Å². The first kappa shape index (κ1) is 29.7. The number of likely N-dealkylation sites (tertiary alicyclic amines) is 1. The van der Waals surface area contributed by atoms with Gasteiger partial charge in [-0.3, -0.25) is 14.3 Å². The van der Waals surface area contributed by atoms with Crippen molar-refractivity contribution in [3.8, 4) is 11.8 Å². The summed E-state index contributed by atoms with van der Waals surface area (Å²) in [6.45, 7) is 1.17. The van der Waals surface area contributed by atoms with Crippen LogP contribution < -0.4 is 14.8 Å². The Morgan fingerprint density at radius 3 is 2.36 bits per heavy atom. The van der Waals surface area contributed by atoms with Crippen molar-refractivity contribution in [2.45, 2.75) is 25.3 Å². The van der Waals surface area contributed by atoms with Gasteiger partial charge < -0.3 is 15.0 Å². The summed E-state index contributed by atoms with van der Waals surface area (Å²) < 4.78 is 37.0. The fourth-order valence-electron chi connectivity index (χ4n) is 5.70. The Labute approximate surface area is 261 Å². The minimum atomic E-state index is -4.36. The van der Waals surface area contributed by atoms with Crippen LogP contribution in [0.2, 0.25) is 0 Å². The maximum atomic E-state index is 14.0. The normalized spacial score (nSPS) is 13.8. The van der Waals surface area contributed by atoms with Crippen molar-refractivity contribution in [2.75, 3.05) is 24.9 Å². The largest absolute Gasteiger partial charge is 0.497 e. The summed E-state index contributed by atoms with van der Waals surface area (Å²) in [6, 6.07) is 27.0. The van der Waals surface area contributed by atoms with Crippen molar-refractivity contribution in [3.63, 3.8) is 0 Å². The molecule has 45 heavy (non-hydrogen) atoms. The Balaban J connectivity index is 1.38. The second-order valence-electron chi connectivity index (χ2n) is 11.0. The summed E-state index contributed by atoms with van der Waals surface area (Å²) in [5.74, 6) is -0.471. The van der Waals surface area contributed by atoms with Crippen LogP contribution in [0, 0.1) is 11.3 Å². The van der Waals surface area contributed by atoms with E-state index in [0.29, 0.717) is 35.5 Å². The molecule has 10 nitrogen and oxygen atoms in total. The summed E-state index contributed by atoms with van der Waals surface area (Å²) in [4.78, 5) is 29.4. The Bertz CT molecular complexity index is 2060. The summed E-state index contributed by atoms with van der Waals surface area (Å²) in [7, 11) is -2.86. The van der Waals surface area contributed by atoms with Gasteiger partial charge in [-0.25, -0.2) is 3.97 Å². The number of methoxy groups -OCH3 is 1. The van der Waals surface area contributed by atoms with E-state index in [-0.39, 0.29) is 23.5 Å². The van der Waals surface area contributed by atoms with Crippen LogP contribution in [0.5, 0.6) is 5.75 Å². The molecule has 1 aliphatic rings. The molecule has 0 saturated carbocycles. The zero-order valence-corrected chi connectivity index (χ0v) is 25.4. The van der Waals surface area contributed by atoms with Gasteiger partial charge in [-0.05, 0) is 77.7 Å². The second kappa shape index (κ2) is 12.3. The average Bonchev–Trinajstić information content (AvgIpc) is 3.73. The highest BCUT2D eigenvalue weighted by Gasteiger charge is 2.31. The molecule has 2 amide bonds. The van der Waals surface area contributed by atoms with E-state index in [2.05, 4.69) is 16.1 Å². The van der Waals surface area contributed by atoms with E-state index < -0.39 is 22.2 Å². The lowest BCUT2D eigenvalue weighted by Crippen LogP contribution is -2.49. The van der Waals surface area contributed by atoms with Gasteiger partial charge in [0.25, 0.3) is 5.91 Å². The topological polar surface area (TPSA) is 134 Å². The Hall–Kier alpha value is -5.34. The Morgan fingerprint density at radius 2 is 1.64 bits per heavy atom. The van der Waals surface area contributed by atoms with Crippen LogP contribution in [0.1, 0.15) is 34.5 Å². The first-order chi connectivity index (χ1) is 21.8. The minimum Gasteiger partial charge on any atom is -0.497 e. The highest BCUT2D eigenvalue weighted by molar-refractivity contribution is 7.91. The van der Waals surface area contributed by atoms with E-state index in [1.54, 1.807) is 59.5 Å². The number of nitriles is 1. The summed E-state index contributed by atoms with van der Waals surface area (Å²) in [6.07, 6.45) is 1.92. The SMILES string of the molecule is COc1ccc2c(c1)cc(C(=O)NC(Cc1ccc(C#N)cc1)C(=O)N1CCCC1)n2S(=O)(=O)Nc1ccc2ccccc2c1. The molecule has 2 N–H and O–H groups in total. The van der Waals surface area contributed by atoms with E-state index >= 15 is 0 Å². The van der Waals surface area contributed by atoms with E-state index in [1.165, 1.54) is 13.2 Å². The van der Waals surface area contributed by atoms with Gasteiger partial charge in [0.1, 0.15) is 17.5 Å². The van der Waals surface area contributed by atoms with Crippen LogP contribution in [0.25, 0.3) is 21.7 Å². The van der Waals surface area contributed by atoms with E-state index in [0.717, 1.165) is 33.1 Å². The maximum Gasteiger partial charge on any atom is 0.328 e. The number of nitrogens with zero attached hydrogens (tertiary/aromatic N) is 3. The number of amides is 2. The molecule has 1 fully saturated rings. The van der Waals surface area contributed by atoms with E-state index in [9.17, 15) is 23.3 Å². The lowest BCUT2D eigenvalue weighted by atomic mass is 10.0. The number of benzene rings is 4. The van der Waals surface area contributed by atoms with Gasteiger partial charge in [-0.15, -0.1) is 0 Å². The first-order valence-corrected chi connectivity index (χ1v) is 16.0. The molecule has 0 bridgehead atoms. The predicted octanol–water partition coefficient (Wildman–Crippen LogP) is 4.84. The third kappa shape index (κ3) is 6.18. The second-order valence-corrected chi connectivity index (χ2v) is 12.5. The van der Waals surface area contributed by atoms with Gasteiger partial charge in [-0.1, -0.05) is 42.5 Å². The number of hydrogen-bond donors (Lipinski definition) is 2. The summed E-state index contributed by atoms with van der Waals surface area (Å²) in [5.41, 5.74) is 1.67. The van der Waals surface area contributed by atoms with Crippen molar-refractivity contribution < 1.29 is 22.7 Å². The highest BCUT2D eigenvalue weighted by Crippen LogP contribution is 2.28. The number of aromatic nitrogens is 1. The number of fused-ring (bicyclic) bond motifs is 2.